The maximum absolute atomic E-state index is 9.55. The molecule has 7 nitrogen and oxygen atoms in total. The molecule has 0 fully saturated rings. The van der Waals surface area contributed by atoms with E-state index in [0.29, 0.717) is 29.5 Å². The third-order valence-electron chi connectivity index (χ3n) is 4.85. The monoisotopic (exact) mass is 352 g/mol. The normalized spacial score (nSPS) is 19.3. The number of nitrogens with zero attached hydrogens (tertiary/aromatic N) is 3. The fourth-order valence-electron chi connectivity index (χ4n) is 3.31. The Bertz CT molecular complexity index is 940. The van der Waals surface area contributed by atoms with Crippen molar-refractivity contribution in [2.75, 3.05) is 6.61 Å². The number of benzene rings is 1. The summed E-state index contributed by atoms with van der Waals surface area (Å²) in [5.41, 5.74) is 10.1. The lowest BCUT2D eigenvalue weighted by molar-refractivity contribution is 0.181. The molecule has 1 unspecified atom stereocenters. The molecule has 1 aliphatic rings. The Hall–Kier alpha value is -2.61. The molecule has 7 heteroatoms. The summed E-state index contributed by atoms with van der Waals surface area (Å²) >= 11 is 0. The summed E-state index contributed by atoms with van der Waals surface area (Å²) in [4.78, 5) is 4.05. The quantitative estimate of drug-likeness (QED) is 0.650. The second-order valence-electron chi connectivity index (χ2n) is 6.79. The van der Waals surface area contributed by atoms with E-state index in [1.165, 1.54) is 5.56 Å². The number of aromatic nitrogens is 3. The SMILES string of the molecule is NC1(CO)CCc2ccc(-c3nnc(-c4ccnc(CO)c4)o3)cc2C1. The molecule has 2 heterocycles. The maximum Gasteiger partial charge on any atom is 0.248 e. The van der Waals surface area contributed by atoms with Crippen molar-refractivity contribution in [2.24, 2.45) is 5.73 Å². The van der Waals surface area contributed by atoms with Gasteiger partial charge in [-0.15, -0.1) is 10.2 Å². The average molecular weight is 352 g/mol. The lowest BCUT2D eigenvalue weighted by Gasteiger charge is -2.33. The van der Waals surface area contributed by atoms with Crippen LogP contribution in [0.2, 0.25) is 0 Å². The van der Waals surface area contributed by atoms with E-state index in [1.807, 2.05) is 12.1 Å². The van der Waals surface area contributed by atoms with Crippen LogP contribution in [0, 0.1) is 0 Å². The smallest absolute Gasteiger partial charge is 0.248 e. The molecule has 1 aliphatic carbocycles. The maximum atomic E-state index is 9.55. The lowest BCUT2D eigenvalue weighted by Crippen LogP contribution is -2.48. The molecule has 0 spiro atoms. The number of aliphatic hydroxyl groups excluding tert-OH is 2. The predicted molar refractivity (Wildman–Crippen MR) is 94.9 cm³/mol. The number of aryl methyl sites for hydroxylation is 1. The highest BCUT2D eigenvalue weighted by Crippen LogP contribution is 2.31. The van der Waals surface area contributed by atoms with Gasteiger partial charge < -0.3 is 20.4 Å². The first-order valence-corrected chi connectivity index (χ1v) is 8.52. The van der Waals surface area contributed by atoms with Crippen molar-refractivity contribution in [3.8, 4) is 22.9 Å². The molecule has 0 bridgehead atoms. The molecular weight excluding hydrogens is 332 g/mol. The van der Waals surface area contributed by atoms with Crippen molar-refractivity contribution in [1.29, 1.82) is 0 Å². The van der Waals surface area contributed by atoms with Gasteiger partial charge in [0.05, 0.1) is 18.9 Å². The predicted octanol–water partition coefficient (Wildman–Crippen LogP) is 1.47. The summed E-state index contributed by atoms with van der Waals surface area (Å²) in [5, 5.41) is 27.0. The van der Waals surface area contributed by atoms with Gasteiger partial charge in [-0.3, -0.25) is 4.98 Å². The topological polar surface area (TPSA) is 118 Å². The lowest BCUT2D eigenvalue weighted by atomic mass is 9.78. The van der Waals surface area contributed by atoms with Crippen LogP contribution in [0.15, 0.2) is 40.9 Å². The van der Waals surface area contributed by atoms with Crippen LogP contribution in [-0.4, -0.2) is 37.5 Å². The minimum Gasteiger partial charge on any atom is -0.416 e. The summed E-state index contributed by atoms with van der Waals surface area (Å²) in [5.74, 6) is 0.792. The highest BCUT2D eigenvalue weighted by atomic mass is 16.4. The van der Waals surface area contributed by atoms with Gasteiger partial charge in [0.1, 0.15) is 0 Å². The van der Waals surface area contributed by atoms with Gasteiger partial charge in [0, 0.05) is 22.9 Å². The van der Waals surface area contributed by atoms with E-state index in [9.17, 15) is 10.2 Å². The van der Waals surface area contributed by atoms with Crippen LogP contribution < -0.4 is 5.73 Å². The number of hydrogen-bond acceptors (Lipinski definition) is 7. The van der Waals surface area contributed by atoms with Gasteiger partial charge in [-0.25, -0.2) is 0 Å². The van der Waals surface area contributed by atoms with Crippen LogP contribution in [0.4, 0.5) is 0 Å². The van der Waals surface area contributed by atoms with E-state index < -0.39 is 5.54 Å². The summed E-state index contributed by atoms with van der Waals surface area (Å²) < 4.78 is 5.81. The van der Waals surface area contributed by atoms with Crippen molar-refractivity contribution >= 4 is 0 Å². The van der Waals surface area contributed by atoms with Gasteiger partial charge in [-0.1, -0.05) is 6.07 Å². The Morgan fingerprint density at radius 3 is 2.54 bits per heavy atom. The molecule has 1 atom stereocenters. The first-order chi connectivity index (χ1) is 12.6. The van der Waals surface area contributed by atoms with Gasteiger partial charge in [0.15, 0.2) is 0 Å². The van der Waals surface area contributed by atoms with Gasteiger partial charge in [0.2, 0.25) is 11.8 Å². The number of hydrogen-bond donors (Lipinski definition) is 3. The Morgan fingerprint density at radius 1 is 1.04 bits per heavy atom. The number of nitrogens with two attached hydrogens (primary N) is 1. The number of rotatable bonds is 4. The van der Waals surface area contributed by atoms with E-state index >= 15 is 0 Å². The second kappa shape index (κ2) is 6.60. The van der Waals surface area contributed by atoms with Gasteiger partial charge >= 0.3 is 0 Å². The Balaban J connectivity index is 1.65. The van der Waals surface area contributed by atoms with Crippen molar-refractivity contribution in [1.82, 2.24) is 15.2 Å². The summed E-state index contributed by atoms with van der Waals surface area (Å²) in [7, 11) is 0. The first kappa shape index (κ1) is 16.8. The summed E-state index contributed by atoms with van der Waals surface area (Å²) in [6.07, 6.45) is 3.84. The number of pyridine rings is 1. The fourth-order valence-corrected chi connectivity index (χ4v) is 3.31. The number of aliphatic hydroxyl groups is 2. The molecule has 0 saturated carbocycles. The molecule has 0 saturated heterocycles. The summed E-state index contributed by atoms with van der Waals surface area (Å²) in [6.45, 7) is -0.179. The highest BCUT2D eigenvalue weighted by Gasteiger charge is 2.30. The fraction of sp³-hybridized carbons (Fsp3) is 0.316. The average Bonchev–Trinajstić information content (AvgIpc) is 3.18. The van der Waals surface area contributed by atoms with Gasteiger partial charge in [-0.05, 0) is 54.7 Å². The molecule has 26 heavy (non-hydrogen) atoms. The molecule has 134 valence electrons. The van der Waals surface area contributed by atoms with Gasteiger partial charge in [0.25, 0.3) is 0 Å². The summed E-state index contributed by atoms with van der Waals surface area (Å²) in [6, 6.07) is 9.50. The van der Waals surface area contributed by atoms with E-state index in [-0.39, 0.29) is 13.2 Å². The van der Waals surface area contributed by atoms with Crippen LogP contribution in [0.3, 0.4) is 0 Å². The molecule has 0 aliphatic heterocycles. The van der Waals surface area contributed by atoms with Crippen LogP contribution in [0.5, 0.6) is 0 Å². The Kier molecular flexibility index (Phi) is 4.28. The zero-order valence-corrected chi connectivity index (χ0v) is 14.2. The van der Waals surface area contributed by atoms with Crippen LogP contribution in [0.1, 0.15) is 23.2 Å². The molecule has 3 aromatic rings. The van der Waals surface area contributed by atoms with E-state index in [2.05, 4.69) is 21.2 Å². The van der Waals surface area contributed by atoms with E-state index in [0.717, 1.165) is 24.0 Å². The molecule has 4 rings (SSSR count). The second-order valence-corrected chi connectivity index (χ2v) is 6.79. The molecule has 0 amide bonds. The Labute approximate surface area is 150 Å². The standard InChI is InChI=1S/C19H20N4O3/c20-19(11-25)5-3-12-1-2-13(7-15(12)9-19)17-22-23-18(26-17)14-4-6-21-16(8-14)10-24/h1-2,4,6-8,24-25H,3,5,9-11,20H2. The first-order valence-electron chi connectivity index (χ1n) is 8.52. The molecule has 1 aromatic carbocycles. The minimum absolute atomic E-state index is 0.0311. The third kappa shape index (κ3) is 3.12. The number of fused-ring (bicyclic) bond motifs is 1. The zero-order chi connectivity index (χ0) is 18.1. The highest BCUT2D eigenvalue weighted by molar-refractivity contribution is 5.59. The van der Waals surface area contributed by atoms with Crippen LogP contribution in [-0.2, 0) is 19.4 Å². The third-order valence-corrected chi connectivity index (χ3v) is 4.85. The zero-order valence-electron chi connectivity index (χ0n) is 14.2. The molecule has 4 N–H and O–H groups in total. The van der Waals surface area contributed by atoms with E-state index in [1.54, 1.807) is 18.3 Å². The van der Waals surface area contributed by atoms with Crippen molar-refractivity contribution in [2.45, 2.75) is 31.4 Å². The molecular formula is C19H20N4O3. The Morgan fingerprint density at radius 2 is 1.81 bits per heavy atom. The van der Waals surface area contributed by atoms with Crippen LogP contribution in [0.25, 0.3) is 22.9 Å². The van der Waals surface area contributed by atoms with Crippen LogP contribution >= 0.6 is 0 Å². The molecule has 2 aromatic heterocycles. The van der Waals surface area contributed by atoms with Crippen molar-refractivity contribution < 1.29 is 14.6 Å². The van der Waals surface area contributed by atoms with Gasteiger partial charge in [-0.2, -0.15) is 0 Å². The van der Waals surface area contributed by atoms with Crippen molar-refractivity contribution in [3.05, 3.63) is 53.3 Å². The molecule has 0 radical (unpaired) electrons. The van der Waals surface area contributed by atoms with Crippen molar-refractivity contribution in [3.63, 3.8) is 0 Å². The minimum atomic E-state index is -0.566. The van der Waals surface area contributed by atoms with E-state index in [4.69, 9.17) is 10.2 Å². The largest absolute Gasteiger partial charge is 0.416 e.